The predicted molar refractivity (Wildman–Crippen MR) is 73.8 cm³/mol. The molecule has 3 heterocycles. The molecule has 5 nitrogen and oxygen atoms in total. The van der Waals surface area contributed by atoms with Crippen LogP contribution >= 0.6 is 0 Å². The number of nitrogens with zero attached hydrogens (tertiary/aromatic N) is 3. The lowest BCUT2D eigenvalue weighted by molar-refractivity contribution is 0.520. The minimum atomic E-state index is 0.985. The summed E-state index contributed by atoms with van der Waals surface area (Å²) in [6.07, 6.45) is 9.46. The van der Waals surface area contributed by atoms with Crippen molar-refractivity contribution in [1.29, 1.82) is 0 Å². The Hall–Kier alpha value is -1.20. The highest BCUT2D eigenvalue weighted by Gasteiger charge is 2.10. The molecule has 2 fully saturated rings. The molecule has 3 rings (SSSR count). The summed E-state index contributed by atoms with van der Waals surface area (Å²) in [5.74, 6) is 0.985. The fourth-order valence-corrected chi connectivity index (χ4v) is 2.15. The van der Waals surface area contributed by atoms with Crippen molar-refractivity contribution >= 4 is 5.82 Å². The Morgan fingerprint density at radius 1 is 0.889 bits per heavy atom. The Morgan fingerprint density at radius 3 is 2.11 bits per heavy atom. The molecular weight excluding hydrogens is 226 g/mol. The molecule has 0 radical (unpaired) electrons. The third kappa shape index (κ3) is 4.58. The van der Waals surface area contributed by atoms with Gasteiger partial charge in [-0.25, -0.2) is 4.98 Å². The molecule has 2 aliphatic heterocycles. The molecule has 0 bridgehead atoms. The summed E-state index contributed by atoms with van der Waals surface area (Å²) in [6, 6.07) is 0. The van der Waals surface area contributed by atoms with Gasteiger partial charge in [0.2, 0.25) is 0 Å². The molecule has 2 N–H and O–H groups in total. The first-order chi connectivity index (χ1) is 8.97. The van der Waals surface area contributed by atoms with Crippen molar-refractivity contribution in [2.24, 2.45) is 0 Å². The number of hydrogen-bond acceptors (Lipinski definition) is 5. The maximum atomic E-state index is 4.24. The van der Waals surface area contributed by atoms with Crippen molar-refractivity contribution in [2.75, 3.05) is 44.2 Å². The van der Waals surface area contributed by atoms with Gasteiger partial charge < -0.3 is 15.5 Å². The number of aromatic nitrogens is 2. The molecule has 100 valence electrons. The van der Waals surface area contributed by atoms with E-state index in [1.165, 1.54) is 32.4 Å². The minimum Gasteiger partial charge on any atom is -0.353 e. The second kappa shape index (κ2) is 8.00. The largest absolute Gasteiger partial charge is 0.353 e. The van der Waals surface area contributed by atoms with E-state index in [0.717, 1.165) is 32.0 Å². The van der Waals surface area contributed by atoms with Crippen LogP contribution in [0.15, 0.2) is 18.6 Å². The van der Waals surface area contributed by atoms with Gasteiger partial charge in [0.05, 0.1) is 6.20 Å². The van der Waals surface area contributed by atoms with Crippen LogP contribution in [0, 0.1) is 0 Å². The van der Waals surface area contributed by atoms with Gasteiger partial charge in [0.15, 0.2) is 0 Å². The van der Waals surface area contributed by atoms with E-state index in [1.54, 1.807) is 12.4 Å². The van der Waals surface area contributed by atoms with Gasteiger partial charge in [-0.15, -0.1) is 0 Å². The molecule has 0 unspecified atom stereocenters. The van der Waals surface area contributed by atoms with Crippen molar-refractivity contribution in [1.82, 2.24) is 20.6 Å². The van der Waals surface area contributed by atoms with Crippen LogP contribution in [0.3, 0.4) is 0 Å². The summed E-state index contributed by atoms with van der Waals surface area (Å²) >= 11 is 0. The van der Waals surface area contributed by atoms with Crippen molar-refractivity contribution in [3.63, 3.8) is 0 Å². The van der Waals surface area contributed by atoms with Gasteiger partial charge in [-0.3, -0.25) is 4.98 Å². The van der Waals surface area contributed by atoms with E-state index in [2.05, 4.69) is 25.5 Å². The van der Waals surface area contributed by atoms with Crippen LogP contribution in [-0.4, -0.2) is 49.2 Å². The van der Waals surface area contributed by atoms with Gasteiger partial charge in [0, 0.05) is 38.6 Å². The molecular formula is C13H23N5. The van der Waals surface area contributed by atoms with E-state index in [9.17, 15) is 0 Å². The fraction of sp³-hybridized carbons (Fsp3) is 0.692. The van der Waals surface area contributed by atoms with E-state index in [0.29, 0.717) is 0 Å². The highest BCUT2D eigenvalue weighted by molar-refractivity contribution is 5.35. The second-order valence-corrected chi connectivity index (χ2v) is 4.61. The van der Waals surface area contributed by atoms with Gasteiger partial charge in [-0.05, 0) is 25.9 Å². The normalized spacial score (nSPS) is 19.9. The summed E-state index contributed by atoms with van der Waals surface area (Å²) in [5, 5.41) is 6.58. The molecule has 1 aromatic rings. The molecule has 0 spiro atoms. The number of piperidine rings is 1. The molecule has 0 amide bonds. The summed E-state index contributed by atoms with van der Waals surface area (Å²) in [7, 11) is 0. The number of anilines is 1. The molecule has 18 heavy (non-hydrogen) atoms. The third-order valence-electron chi connectivity index (χ3n) is 3.20. The van der Waals surface area contributed by atoms with E-state index in [4.69, 9.17) is 0 Å². The van der Waals surface area contributed by atoms with Gasteiger partial charge >= 0.3 is 0 Å². The zero-order valence-corrected chi connectivity index (χ0v) is 10.9. The lowest BCUT2D eigenvalue weighted by Crippen LogP contribution is -2.43. The number of hydrogen-bond donors (Lipinski definition) is 2. The maximum absolute atomic E-state index is 4.24. The standard InChI is InChI=1S/C8H12N4.C5H11N/c1-2-11-8(7-10-1)12-5-3-9-4-6-12;1-2-4-6-5-3-1/h1-2,7,9H,3-6H2;6H,1-5H2. The van der Waals surface area contributed by atoms with E-state index in [-0.39, 0.29) is 0 Å². The Balaban J connectivity index is 0.000000169. The summed E-state index contributed by atoms with van der Waals surface area (Å²) in [6.45, 7) is 6.63. The lowest BCUT2D eigenvalue weighted by Gasteiger charge is -2.27. The second-order valence-electron chi connectivity index (χ2n) is 4.61. The maximum Gasteiger partial charge on any atom is 0.147 e. The van der Waals surface area contributed by atoms with E-state index in [1.807, 2.05) is 6.20 Å². The number of rotatable bonds is 1. The monoisotopic (exact) mass is 249 g/mol. The van der Waals surface area contributed by atoms with Crippen LogP contribution in [0.2, 0.25) is 0 Å². The zero-order chi connectivity index (χ0) is 12.5. The molecule has 0 aliphatic carbocycles. The first-order valence-corrected chi connectivity index (χ1v) is 6.89. The quantitative estimate of drug-likeness (QED) is 0.765. The van der Waals surface area contributed by atoms with Crippen LogP contribution in [-0.2, 0) is 0 Å². The van der Waals surface area contributed by atoms with Gasteiger partial charge in [-0.1, -0.05) is 6.42 Å². The third-order valence-corrected chi connectivity index (χ3v) is 3.20. The Morgan fingerprint density at radius 2 is 1.61 bits per heavy atom. The highest BCUT2D eigenvalue weighted by Crippen LogP contribution is 2.07. The predicted octanol–water partition coefficient (Wildman–Crippen LogP) is 0.646. The highest BCUT2D eigenvalue weighted by atomic mass is 15.2. The SMILES string of the molecule is C1CCNCC1.c1cnc(N2CCNCC2)cn1. The van der Waals surface area contributed by atoms with Gasteiger partial charge in [-0.2, -0.15) is 0 Å². The van der Waals surface area contributed by atoms with E-state index >= 15 is 0 Å². The first kappa shape index (κ1) is 13.2. The minimum absolute atomic E-state index is 0.985. The van der Waals surface area contributed by atoms with Crippen LogP contribution in [0.5, 0.6) is 0 Å². The van der Waals surface area contributed by atoms with Crippen LogP contribution in [0.25, 0.3) is 0 Å². The molecule has 0 saturated carbocycles. The zero-order valence-electron chi connectivity index (χ0n) is 10.9. The summed E-state index contributed by atoms with van der Waals surface area (Å²) < 4.78 is 0. The van der Waals surface area contributed by atoms with Crippen LogP contribution in [0.1, 0.15) is 19.3 Å². The molecule has 2 aliphatic rings. The molecule has 0 atom stereocenters. The Labute approximate surface area is 109 Å². The van der Waals surface area contributed by atoms with Crippen molar-refractivity contribution in [3.8, 4) is 0 Å². The smallest absolute Gasteiger partial charge is 0.147 e. The van der Waals surface area contributed by atoms with E-state index < -0.39 is 0 Å². The Kier molecular flexibility index (Phi) is 5.88. The molecule has 0 aromatic carbocycles. The average Bonchev–Trinajstić information content (AvgIpc) is 2.51. The van der Waals surface area contributed by atoms with Crippen molar-refractivity contribution in [3.05, 3.63) is 18.6 Å². The Bertz CT molecular complexity index is 295. The molecule has 1 aromatic heterocycles. The summed E-state index contributed by atoms with van der Waals surface area (Å²) in [5.41, 5.74) is 0. The molecule has 5 heteroatoms. The lowest BCUT2D eigenvalue weighted by atomic mass is 10.2. The number of nitrogens with one attached hydrogen (secondary N) is 2. The summed E-state index contributed by atoms with van der Waals surface area (Å²) in [4.78, 5) is 10.5. The van der Waals surface area contributed by atoms with Crippen LogP contribution in [0.4, 0.5) is 5.82 Å². The van der Waals surface area contributed by atoms with Gasteiger partial charge in [0.25, 0.3) is 0 Å². The van der Waals surface area contributed by atoms with Crippen molar-refractivity contribution in [2.45, 2.75) is 19.3 Å². The fourth-order valence-electron chi connectivity index (χ4n) is 2.15. The van der Waals surface area contributed by atoms with Gasteiger partial charge in [0.1, 0.15) is 5.82 Å². The first-order valence-electron chi connectivity index (χ1n) is 6.89. The topological polar surface area (TPSA) is 53.1 Å². The van der Waals surface area contributed by atoms with Crippen LogP contribution < -0.4 is 15.5 Å². The average molecular weight is 249 g/mol. The number of piperazine rings is 1. The molecule has 2 saturated heterocycles. The van der Waals surface area contributed by atoms with Crippen molar-refractivity contribution < 1.29 is 0 Å².